The number of rotatable bonds is 4. The molecule has 0 bridgehead atoms. The van der Waals surface area contributed by atoms with Gasteiger partial charge in [-0.05, 0) is 12.1 Å². The van der Waals surface area contributed by atoms with Crippen LogP contribution in [0.4, 0.5) is 0 Å². The molecule has 4 heteroatoms. The van der Waals surface area contributed by atoms with Gasteiger partial charge in [0.2, 0.25) is 6.41 Å². The van der Waals surface area contributed by atoms with Gasteiger partial charge in [0.15, 0.2) is 0 Å². The lowest BCUT2D eigenvalue weighted by atomic mass is 10.2. The number of amides is 1. The van der Waals surface area contributed by atoms with Crippen LogP contribution in [0.15, 0.2) is 29.4 Å². The third-order valence-electron chi connectivity index (χ3n) is 1.47. The minimum Gasteiger partial charge on any atom is -0.496 e. The van der Waals surface area contributed by atoms with E-state index in [1.807, 2.05) is 24.3 Å². The Kier molecular flexibility index (Phi) is 3.50. The molecule has 1 rings (SSSR count). The first kappa shape index (κ1) is 9.25. The zero-order valence-electron chi connectivity index (χ0n) is 7.23. The summed E-state index contributed by atoms with van der Waals surface area (Å²) in [6.45, 7) is 0. The van der Waals surface area contributed by atoms with Crippen molar-refractivity contribution in [2.24, 2.45) is 5.10 Å². The molecule has 1 N–H and O–H groups in total. The highest BCUT2D eigenvalue weighted by atomic mass is 16.5. The highest BCUT2D eigenvalue weighted by Gasteiger charge is 1.96. The SMILES string of the molecule is COc1ccccc1C=NNC=O. The maximum absolute atomic E-state index is 9.89. The van der Waals surface area contributed by atoms with E-state index in [0.717, 1.165) is 11.3 Å². The van der Waals surface area contributed by atoms with E-state index in [2.05, 4.69) is 10.5 Å². The van der Waals surface area contributed by atoms with Crippen LogP contribution >= 0.6 is 0 Å². The van der Waals surface area contributed by atoms with E-state index in [-0.39, 0.29) is 0 Å². The highest BCUT2D eigenvalue weighted by Crippen LogP contribution is 2.14. The number of ether oxygens (including phenoxy) is 1. The molecule has 4 nitrogen and oxygen atoms in total. The second kappa shape index (κ2) is 4.92. The van der Waals surface area contributed by atoms with Crippen LogP contribution in [-0.2, 0) is 4.79 Å². The Morgan fingerprint density at radius 2 is 2.23 bits per heavy atom. The molecule has 13 heavy (non-hydrogen) atoms. The van der Waals surface area contributed by atoms with Crippen molar-refractivity contribution in [3.05, 3.63) is 29.8 Å². The van der Waals surface area contributed by atoms with Crippen LogP contribution < -0.4 is 10.2 Å². The molecule has 0 aromatic heterocycles. The maximum Gasteiger partial charge on any atom is 0.227 e. The number of methoxy groups -OCH3 is 1. The molecule has 0 heterocycles. The van der Waals surface area contributed by atoms with Gasteiger partial charge in [-0.3, -0.25) is 4.79 Å². The molecule has 0 aliphatic heterocycles. The van der Waals surface area contributed by atoms with E-state index in [0.29, 0.717) is 6.41 Å². The monoisotopic (exact) mass is 178 g/mol. The van der Waals surface area contributed by atoms with Crippen LogP contribution in [0.2, 0.25) is 0 Å². The van der Waals surface area contributed by atoms with Crippen molar-refractivity contribution in [3.8, 4) is 5.75 Å². The van der Waals surface area contributed by atoms with E-state index < -0.39 is 0 Å². The predicted octanol–water partition coefficient (Wildman–Crippen LogP) is 0.775. The van der Waals surface area contributed by atoms with Crippen LogP contribution in [0, 0.1) is 0 Å². The molecule has 1 amide bonds. The lowest BCUT2D eigenvalue weighted by Gasteiger charge is -2.01. The molecule has 0 fully saturated rings. The lowest BCUT2D eigenvalue weighted by molar-refractivity contribution is -0.109. The summed E-state index contributed by atoms with van der Waals surface area (Å²) in [5.41, 5.74) is 3.00. The fourth-order valence-corrected chi connectivity index (χ4v) is 0.910. The zero-order chi connectivity index (χ0) is 9.52. The van der Waals surface area contributed by atoms with Crippen molar-refractivity contribution in [1.29, 1.82) is 0 Å². The van der Waals surface area contributed by atoms with Crippen LogP contribution in [0.25, 0.3) is 0 Å². The third kappa shape index (κ3) is 2.59. The van der Waals surface area contributed by atoms with E-state index >= 15 is 0 Å². The first-order chi connectivity index (χ1) is 6.38. The van der Waals surface area contributed by atoms with E-state index in [9.17, 15) is 4.79 Å². The second-order valence-electron chi connectivity index (χ2n) is 2.25. The average molecular weight is 178 g/mol. The van der Waals surface area contributed by atoms with Gasteiger partial charge in [-0.25, -0.2) is 5.43 Å². The first-order valence-electron chi connectivity index (χ1n) is 3.73. The van der Waals surface area contributed by atoms with Gasteiger partial charge in [0.25, 0.3) is 0 Å². The number of hydrogen-bond acceptors (Lipinski definition) is 3. The van der Waals surface area contributed by atoms with Crippen molar-refractivity contribution in [1.82, 2.24) is 5.43 Å². The Morgan fingerprint density at radius 1 is 1.46 bits per heavy atom. The lowest BCUT2D eigenvalue weighted by Crippen LogP contribution is -2.01. The Morgan fingerprint density at radius 3 is 2.92 bits per heavy atom. The molecule has 0 aliphatic rings. The summed E-state index contributed by atoms with van der Waals surface area (Å²) in [7, 11) is 1.58. The molecular formula is C9H10N2O2. The van der Waals surface area contributed by atoms with E-state index in [4.69, 9.17) is 4.74 Å². The first-order valence-corrected chi connectivity index (χ1v) is 3.73. The number of hydrogen-bond donors (Lipinski definition) is 1. The van der Waals surface area contributed by atoms with Gasteiger partial charge < -0.3 is 4.74 Å². The molecule has 0 aliphatic carbocycles. The zero-order valence-corrected chi connectivity index (χ0v) is 7.23. The number of benzene rings is 1. The predicted molar refractivity (Wildman–Crippen MR) is 49.8 cm³/mol. The van der Waals surface area contributed by atoms with Crippen molar-refractivity contribution in [2.45, 2.75) is 0 Å². The Balaban J connectivity index is 2.80. The van der Waals surface area contributed by atoms with Gasteiger partial charge in [0, 0.05) is 5.56 Å². The van der Waals surface area contributed by atoms with Gasteiger partial charge in [0.05, 0.1) is 13.3 Å². The number of para-hydroxylation sites is 1. The van der Waals surface area contributed by atoms with Gasteiger partial charge in [-0.1, -0.05) is 12.1 Å². The van der Waals surface area contributed by atoms with E-state index in [1.165, 1.54) is 6.21 Å². The largest absolute Gasteiger partial charge is 0.496 e. The quantitative estimate of drug-likeness (QED) is 0.420. The van der Waals surface area contributed by atoms with Gasteiger partial charge in [-0.15, -0.1) is 0 Å². The number of nitrogens with zero attached hydrogens (tertiary/aromatic N) is 1. The van der Waals surface area contributed by atoms with Gasteiger partial charge in [-0.2, -0.15) is 5.10 Å². The normalized spacial score (nSPS) is 9.92. The van der Waals surface area contributed by atoms with Crippen molar-refractivity contribution < 1.29 is 9.53 Å². The molecule has 1 aromatic rings. The van der Waals surface area contributed by atoms with Gasteiger partial charge >= 0.3 is 0 Å². The Bertz CT molecular complexity index is 310. The number of nitrogens with one attached hydrogen (secondary N) is 1. The topological polar surface area (TPSA) is 50.7 Å². The number of carbonyl (C=O) groups is 1. The number of hydrazone groups is 1. The minimum absolute atomic E-state index is 0.506. The number of carbonyl (C=O) groups excluding carboxylic acids is 1. The van der Waals surface area contributed by atoms with Crippen molar-refractivity contribution >= 4 is 12.6 Å². The summed E-state index contributed by atoms with van der Waals surface area (Å²) in [4.78, 5) is 9.89. The molecule has 0 saturated carbocycles. The fraction of sp³-hybridized carbons (Fsp3) is 0.111. The third-order valence-corrected chi connectivity index (χ3v) is 1.47. The fourth-order valence-electron chi connectivity index (χ4n) is 0.910. The Hall–Kier alpha value is -1.84. The summed E-state index contributed by atoms with van der Waals surface area (Å²) < 4.78 is 5.07. The molecule has 68 valence electrons. The molecule has 0 atom stereocenters. The molecule has 0 unspecified atom stereocenters. The van der Waals surface area contributed by atoms with E-state index in [1.54, 1.807) is 7.11 Å². The molecular weight excluding hydrogens is 168 g/mol. The van der Waals surface area contributed by atoms with Crippen LogP contribution in [0.1, 0.15) is 5.56 Å². The Labute approximate surface area is 76.2 Å². The highest BCUT2D eigenvalue weighted by molar-refractivity contribution is 5.83. The van der Waals surface area contributed by atoms with Crippen molar-refractivity contribution in [2.75, 3.05) is 7.11 Å². The molecule has 0 saturated heterocycles. The summed E-state index contributed by atoms with van der Waals surface area (Å²) in [6.07, 6.45) is 2.03. The standard InChI is InChI=1S/C9H10N2O2/c1-13-9-5-3-2-4-8(9)6-10-11-7-12/h2-7H,1H3,(H,11,12). The summed E-state index contributed by atoms with van der Waals surface area (Å²) in [6, 6.07) is 7.39. The van der Waals surface area contributed by atoms with Gasteiger partial charge in [0.1, 0.15) is 5.75 Å². The second-order valence-corrected chi connectivity index (χ2v) is 2.25. The minimum atomic E-state index is 0.506. The van der Waals surface area contributed by atoms with Crippen LogP contribution in [-0.4, -0.2) is 19.7 Å². The summed E-state index contributed by atoms with van der Waals surface area (Å²) in [5.74, 6) is 0.721. The van der Waals surface area contributed by atoms with Crippen LogP contribution in [0.3, 0.4) is 0 Å². The molecule has 0 spiro atoms. The molecule has 1 aromatic carbocycles. The average Bonchev–Trinajstić information content (AvgIpc) is 2.19. The van der Waals surface area contributed by atoms with Crippen molar-refractivity contribution in [3.63, 3.8) is 0 Å². The van der Waals surface area contributed by atoms with Crippen LogP contribution in [0.5, 0.6) is 5.75 Å². The summed E-state index contributed by atoms with van der Waals surface area (Å²) >= 11 is 0. The smallest absolute Gasteiger partial charge is 0.227 e. The molecule has 0 radical (unpaired) electrons. The summed E-state index contributed by atoms with van der Waals surface area (Å²) in [5, 5.41) is 3.65. The maximum atomic E-state index is 9.89.